The lowest BCUT2D eigenvalue weighted by atomic mass is 9.92. The zero-order chi connectivity index (χ0) is 24.5. The molecule has 2 aromatic rings. The van der Waals surface area contributed by atoms with Gasteiger partial charge in [-0.05, 0) is 43.2 Å². The molecule has 0 unspecified atom stereocenters. The Bertz CT molecular complexity index is 1060. The van der Waals surface area contributed by atoms with Gasteiger partial charge in [0.1, 0.15) is 6.61 Å². The molecule has 1 aliphatic heterocycles. The van der Waals surface area contributed by atoms with Crippen LogP contribution in [0.4, 0.5) is 19.0 Å². The minimum Gasteiger partial charge on any atom is -0.369 e. The van der Waals surface area contributed by atoms with Crippen LogP contribution in [0.3, 0.4) is 0 Å². The van der Waals surface area contributed by atoms with Crippen molar-refractivity contribution in [3.63, 3.8) is 0 Å². The summed E-state index contributed by atoms with van der Waals surface area (Å²) in [6.07, 6.45) is -5.05. The van der Waals surface area contributed by atoms with Gasteiger partial charge in [-0.1, -0.05) is 11.6 Å². The number of benzene rings is 1. The number of pyridine rings is 1. The molecule has 2 aliphatic rings. The van der Waals surface area contributed by atoms with Gasteiger partial charge < -0.3 is 10.5 Å². The van der Waals surface area contributed by atoms with Crippen LogP contribution in [0.25, 0.3) is 10.9 Å². The van der Waals surface area contributed by atoms with Gasteiger partial charge in [-0.3, -0.25) is 14.3 Å². The lowest BCUT2D eigenvalue weighted by Crippen LogP contribution is -2.53. The summed E-state index contributed by atoms with van der Waals surface area (Å²) in [6.45, 7) is 0.481. The molecule has 2 N–H and O–H groups in total. The molecular formula is C22H24ClF3N4O4. The minimum absolute atomic E-state index is 0.0613. The second-order valence-electron chi connectivity index (χ2n) is 8.43. The molecule has 2 amide bonds. The van der Waals surface area contributed by atoms with Crippen LogP contribution in [0.1, 0.15) is 25.7 Å². The number of carbonyl (C=O) groups is 2. The first-order valence-corrected chi connectivity index (χ1v) is 11.3. The molecule has 34 heavy (non-hydrogen) atoms. The highest BCUT2D eigenvalue weighted by molar-refractivity contribution is 6.31. The van der Waals surface area contributed by atoms with Crippen molar-refractivity contribution in [2.24, 2.45) is 11.7 Å². The number of fused-ring (bicyclic) bond motifs is 1. The molecule has 184 valence electrons. The standard InChI is InChI=1S/C22H24ClF3N4O4/c23-15-2-3-18-14(9-15)1-4-19(28-18)30(29-7-5-13(6-8-29)21(27)32)20(31)12-33-16-10-17(11-16)34-22(24,25)26/h1-4,9,13,16-17H,5-8,10-12H2,(H2,27,32). The number of hydrazine groups is 1. The Morgan fingerprint density at radius 3 is 2.50 bits per heavy atom. The van der Waals surface area contributed by atoms with Crippen LogP contribution in [0.15, 0.2) is 30.3 Å². The Morgan fingerprint density at radius 1 is 1.15 bits per heavy atom. The largest absolute Gasteiger partial charge is 0.522 e. The van der Waals surface area contributed by atoms with E-state index in [4.69, 9.17) is 22.1 Å². The molecule has 12 heteroatoms. The van der Waals surface area contributed by atoms with Crippen molar-refractivity contribution in [2.75, 3.05) is 24.7 Å². The fourth-order valence-corrected chi connectivity index (χ4v) is 4.35. The molecule has 4 rings (SSSR count). The quantitative estimate of drug-likeness (QED) is 0.625. The van der Waals surface area contributed by atoms with E-state index >= 15 is 0 Å². The van der Waals surface area contributed by atoms with Crippen LogP contribution in [-0.4, -0.2) is 60.1 Å². The average molecular weight is 501 g/mol. The number of alkyl halides is 3. The summed E-state index contributed by atoms with van der Waals surface area (Å²) in [5.74, 6) is -0.690. The van der Waals surface area contributed by atoms with Gasteiger partial charge in [0.25, 0.3) is 5.91 Å². The monoisotopic (exact) mass is 500 g/mol. The molecule has 0 bridgehead atoms. The van der Waals surface area contributed by atoms with Crippen LogP contribution in [-0.2, 0) is 19.1 Å². The highest BCUT2D eigenvalue weighted by atomic mass is 35.5. The number of carbonyl (C=O) groups excluding carboxylic acids is 2. The van der Waals surface area contributed by atoms with Crippen molar-refractivity contribution < 1.29 is 32.2 Å². The predicted molar refractivity (Wildman–Crippen MR) is 118 cm³/mol. The summed E-state index contributed by atoms with van der Waals surface area (Å²) in [5.41, 5.74) is 6.06. The number of primary amides is 1. The highest BCUT2D eigenvalue weighted by Crippen LogP contribution is 2.32. The first kappa shape index (κ1) is 24.6. The van der Waals surface area contributed by atoms with Gasteiger partial charge in [-0.15, -0.1) is 13.2 Å². The zero-order valence-electron chi connectivity index (χ0n) is 18.1. The third kappa shape index (κ3) is 5.96. The second kappa shape index (κ2) is 10.0. The van der Waals surface area contributed by atoms with Gasteiger partial charge in [0.2, 0.25) is 5.91 Å². The SMILES string of the molecule is NC(=O)C1CCN(N(C(=O)COC2CC(OC(F)(F)F)C2)c2ccc3cc(Cl)ccc3n2)CC1. The summed E-state index contributed by atoms with van der Waals surface area (Å²) >= 11 is 6.04. The average Bonchev–Trinajstić information content (AvgIpc) is 2.75. The fourth-order valence-electron chi connectivity index (χ4n) is 4.17. The summed E-state index contributed by atoms with van der Waals surface area (Å²) in [5, 5.41) is 4.56. The third-order valence-corrected chi connectivity index (χ3v) is 6.28. The van der Waals surface area contributed by atoms with Crippen molar-refractivity contribution in [1.82, 2.24) is 9.99 Å². The molecule has 2 fully saturated rings. The van der Waals surface area contributed by atoms with E-state index in [1.807, 2.05) is 0 Å². The summed E-state index contributed by atoms with van der Waals surface area (Å²) in [7, 11) is 0. The van der Waals surface area contributed by atoms with Crippen LogP contribution in [0.2, 0.25) is 5.02 Å². The number of nitrogens with zero attached hydrogens (tertiary/aromatic N) is 3. The number of rotatable bonds is 7. The van der Waals surface area contributed by atoms with Crippen LogP contribution < -0.4 is 10.7 Å². The van der Waals surface area contributed by atoms with E-state index in [1.54, 1.807) is 35.3 Å². The molecule has 0 radical (unpaired) electrons. The minimum atomic E-state index is -4.69. The maximum absolute atomic E-state index is 13.2. The lowest BCUT2D eigenvalue weighted by molar-refractivity contribution is -0.357. The Hall–Kier alpha value is -2.47. The highest BCUT2D eigenvalue weighted by Gasteiger charge is 2.41. The molecule has 0 spiro atoms. The fraction of sp³-hybridized carbons (Fsp3) is 0.500. The van der Waals surface area contributed by atoms with E-state index in [0.29, 0.717) is 42.3 Å². The first-order valence-electron chi connectivity index (χ1n) is 10.9. The second-order valence-corrected chi connectivity index (χ2v) is 8.87. The van der Waals surface area contributed by atoms with Crippen molar-refractivity contribution in [3.8, 4) is 0 Å². The van der Waals surface area contributed by atoms with Gasteiger partial charge in [0, 0.05) is 42.3 Å². The first-order chi connectivity index (χ1) is 16.1. The number of ether oxygens (including phenoxy) is 2. The van der Waals surface area contributed by atoms with Crippen molar-refractivity contribution in [3.05, 3.63) is 35.4 Å². The number of halogens is 4. The number of anilines is 1. The maximum atomic E-state index is 13.2. The maximum Gasteiger partial charge on any atom is 0.522 e. The van der Waals surface area contributed by atoms with Crippen molar-refractivity contribution in [1.29, 1.82) is 0 Å². The Morgan fingerprint density at radius 2 is 1.85 bits per heavy atom. The molecule has 1 saturated carbocycles. The Balaban J connectivity index is 1.46. The number of nitrogens with two attached hydrogens (primary N) is 1. The third-order valence-electron chi connectivity index (χ3n) is 6.04. The topological polar surface area (TPSA) is 98.0 Å². The summed E-state index contributed by atoms with van der Waals surface area (Å²) in [6, 6.07) is 8.69. The van der Waals surface area contributed by atoms with Gasteiger partial charge >= 0.3 is 6.36 Å². The van der Waals surface area contributed by atoms with Gasteiger partial charge in [0.05, 0.1) is 17.7 Å². The molecule has 8 nitrogen and oxygen atoms in total. The smallest absolute Gasteiger partial charge is 0.369 e. The lowest BCUT2D eigenvalue weighted by Gasteiger charge is -2.39. The molecular weight excluding hydrogens is 477 g/mol. The van der Waals surface area contributed by atoms with E-state index in [9.17, 15) is 22.8 Å². The molecule has 0 atom stereocenters. The number of piperidine rings is 1. The van der Waals surface area contributed by atoms with E-state index in [2.05, 4.69) is 9.72 Å². The zero-order valence-corrected chi connectivity index (χ0v) is 18.9. The van der Waals surface area contributed by atoms with E-state index in [-0.39, 0.29) is 31.3 Å². The number of hydrogen-bond acceptors (Lipinski definition) is 6. The van der Waals surface area contributed by atoms with E-state index < -0.39 is 24.5 Å². The van der Waals surface area contributed by atoms with E-state index in [0.717, 1.165) is 5.39 Å². The number of aromatic nitrogens is 1. The molecule has 1 aromatic heterocycles. The molecule has 1 saturated heterocycles. The molecule has 2 heterocycles. The van der Waals surface area contributed by atoms with Crippen LogP contribution >= 0.6 is 11.6 Å². The van der Waals surface area contributed by atoms with Gasteiger partial charge in [-0.2, -0.15) is 0 Å². The van der Waals surface area contributed by atoms with Gasteiger partial charge in [0.15, 0.2) is 5.82 Å². The van der Waals surface area contributed by atoms with Crippen molar-refractivity contribution in [2.45, 2.75) is 44.3 Å². The summed E-state index contributed by atoms with van der Waals surface area (Å²) < 4.78 is 46.4. The molecule has 1 aromatic carbocycles. The Kier molecular flexibility index (Phi) is 7.27. The van der Waals surface area contributed by atoms with Crippen LogP contribution in [0.5, 0.6) is 0 Å². The van der Waals surface area contributed by atoms with E-state index in [1.165, 1.54) is 5.01 Å². The number of hydrogen-bond donors (Lipinski definition) is 1. The summed E-state index contributed by atoms with van der Waals surface area (Å²) in [4.78, 5) is 29.3. The Labute approximate surface area is 198 Å². The van der Waals surface area contributed by atoms with Crippen LogP contribution in [0, 0.1) is 5.92 Å². The van der Waals surface area contributed by atoms with Crippen molar-refractivity contribution >= 4 is 40.1 Å². The van der Waals surface area contributed by atoms with Gasteiger partial charge in [-0.25, -0.2) is 15.0 Å². The molecule has 1 aliphatic carbocycles. The number of amides is 2. The predicted octanol–water partition coefficient (Wildman–Crippen LogP) is 3.42. The normalized spacial score (nSPS) is 21.9.